The van der Waals surface area contributed by atoms with Crippen molar-refractivity contribution in [3.63, 3.8) is 0 Å². The Morgan fingerprint density at radius 1 is 1.12 bits per heavy atom. The quantitative estimate of drug-likeness (QED) is 0.532. The number of nitrogens with one attached hydrogen (secondary N) is 1. The molecule has 2 aromatic rings. The monoisotopic (exact) mass is 455 g/mol. The second kappa shape index (κ2) is 8.05. The number of amides is 3. The van der Waals surface area contributed by atoms with E-state index in [0.29, 0.717) is 17.7 Å². The van der Waals surface area contributed by atoms with Crippen molar-refractivity contribution in [3.8, 4) is 0 Å². The summed E-state index contributed by atoms with van der Waals surface area (Å²) < 4.78 is 25.0. The smallest absolute Gasteiger partial charge is 0.319 e. The van der Waals surface area contributed by atoms with Crippen LogP contribution < -0.4 is 9.62 Å². The van der Waals surface area contributed by atoms with Crippen LogP contribution in [0.25, 0.3) is 0 Å². The molecule has 1 fully saturated rings. The lowest BCUT2D eigenvalue weighted by Crippen LogP contribution is -2.46. The number of carbonyl (C=O) groups excluding carboxylic acids is 3. The maximum Gasteiger partial charge on any atom is 0.325 e. The fourth-order valence-electron chi connectivity index (χ4n) is 4.61. The molecule has 3 amide bonds. The Bertz CT molecular complexity index is 1190. The van der Waals surface area contributed by atoms with Crippen molar-refractivity contribution < 1.29 is 22.8 Å². The van der Waals surface area contributed by atoms with E-state index in [-0.39, 0.29) is 13.1 Å². The molecule has 1 aliphatic heterocycles. The van der Waals surface area contributed by atoms with Gasteiger partial charge < -0.3 is 5.32 Å². The highest BCUT2D eigenvalue weighted by molar-refractivity contribution is 7.92. The molecule has 1 aliphatic carbocycles. The summed E-state index contributed by atoms with van der Waals surface area (Å²) in [6.07, 6.45) is 3.22. The van der Waals surface area contributed by atoms with Gasteiger partial charge in [0.2, 0.25) is 10.0 Å². The highest BCUT2D eigenvalue weighted by Crippen LogP contribution is 2.39. The van der Waals surface area contributed by atoms with Crippen molar-refractivity contribution >= 4 is 33.4 Å². The Morgan fingerprint density at radius 3 is 2.47 bits per heavy atom. The minimum absolute atomic E-state index is 0.262. The van der Waals surface area contributed by atoms with Gasteiger partial charge in [0, 0.05) is 12.1 Å². The first-order chi connectivity index (χ1) is 15.2. The summed E-state index contributed by atoms with van der Waals surface area (Å²) in [5.74, 6) is -0.808. The van der Waals surface area contributed by atoms with Gasteiger partial charge in [-0.3, -0.25) is 18.8 Å². The van der Waals surface area contributed by atoms with Crippen LogP contribution in [-0.4, -0.2) is 50.4 Å². The van der Waals surface area contributed by atoms with Crippen LogP contribution in [0.1, 0.15) is 41.3 Å². The summed E-state index contributed by atoms with van der Waals surface area (Å²) in [5.41, 5.74) is 1.45. The number of fused-ring (bicyclic) bond motifs is 2. The van der Waals surface area contributed by atoms with Gasteiger partial charge in [-0.1, -0.05) is 24.3 Å². The highest BCUT2D eigenvalue weighted by Gasteiger charge is 2.54. The molecule has 0 bridgehead atoms. The van der Waals surface area contributed by atoms with Crippen LogP contribution in [0.4, 0.5) is 10.5 Å². The predicted octanol–water partition coefficient (Wildman–Crippen LogP) is 2.44. The standard InChI is InChI=1S/C23H25N3O5S/c1-3-26(32(2,30)31)18-12-10-17(11-13-18)20(27)15-25-21(28)23(24-22(25)29)14-6-8-16-7-4-5-9-19(16)23/h4-5,7,9-13H,3,6,8,14-15H2,1-2H3,(H,24,29). The third-order valence-corrected chi connectivity index (χ3v) is 7.39. The van der Waals surface area contributed by atoms with Crippen molar-refractivity contribution in [2.75, 3.05) is 23.7 Å². The second-order valence-corrected chi connectivity index (χ2v) is 10.0. The average molecular weight is 456 g/mol. The van der Waals surface area contributed by atoms with E-state index in [1.807, 2.05) is 24.3 Å². The number of imide groups is 1. The number of anilines is 1. The molecule has 1 spiro atoms. The predicted molar refractivity (Wildman–Crippen MR) is 120 cm³/mol. The molecule has 2 aliphatic rings. The lowest BCUT2D eigenvalue weighted by molar-refractivity contribution is -0.131. The molecule has 168 valence electrons. The topological polar surface area (TPSA) is 104 Å². The summed E-state index contributed by atoms with van der Waals surface area (Å²) in [7, 11) is -3.43. The van der Waals surface area contributed by atoms with E-state index in [1.165, 1.54) is 16.4 Å². The van der Waals surface area contributed by atoms with Crippen LogP contribution in [0.2, 0.25) is 0 Å². The average Bonchev–Trinajstić information content (AvgIpc) is 2.99. The molecule has 4 rings (SSSR count). The number of Topliss-reactive ketones (excluding diaryl/α,β-unsaturated/α-hetero) is 1. The van der Waals surface area contributed by atoms with Crippen LogP contribution in [0.15, 0.2) is 48.5 Å². The molecular formula is C23H25N3O5S. The first kappa shape index (κ1) is 22.0. The highest BCUT2D eigenvalue weighted by atomic mass is 32.2. The molecule has 0 aromatic heterocycles. The number of sulfonamides is 1. The van der Waals surface area contributed by atoms with Gasteiger partial charge in [-0.2, -0.15) is 0 Å². The summed E-state index contributed by atoms with van der Waals surface area (Å²) in [4.78, 5) is 39.9. The van der Waals surface area contributed by atoms with E-state index in [2.05, 4.69) is 5.32 Å². The van der Waals surface area contributed by atoms with Crippen molar-refractivity contribution in [1.82, 2.24) is 10.2 Å². The first-order valence-electron chi connectivity index (χ1n) is 10.5. The molecule has 1 saturated heterocycles. The van der Waals surface area contributed by atoms with Crippen LogP contribution in [0.3, 0.4) is 0 Å². The van der Waals surface area contributed by atoms with E-state index in [0.717, 1.165) is 35.1 Å². The Labute approximate surface area is 187 Å². The number of ketones is 1. The van der Waals surface area contributed by atoms with Crippen molar-refractivity contribution in [1.29, 1.82) is 0 Å². The number of rotatable bonds is 6. The number of hydrogen-bond donors (Lipinski definition) is 1. The number of nitrogens with zero attached hydrogens (tertiary/aromatic N) is 2. The molecule has 8 nitrogen and oxygen atoms in total. The molecule has 1 atom stereocenters. The van der Waals surface area contributed by atoms with Gasteiger partial charge in [-0.05, 0) is 61.6 Å². The lowest BCUT2D eigenvalue weighted by atomic mass is 9.76. The molecule has 32 heavy (non-hydrogen) atoms. The van der Waals surface area contributed by atoms with Gasteiger partial charge in [0.15, 0.2) is 5.78 Å². The summed E-state index contributed by atoms with van der Waals surface area (Å²) in [6, 6.07) is 13.1. The van der Waals surface area contributed by atoms with E-state index < -0.39 is 33.3 Å². The normalized spacial score (nSPS) is 20.2. The summed E-state index contributed by atoms with van der Waals surface area (Å²) in [5, 5.41) is 2.84. The number of aryl methyl sites for hydroxylation is 1. The second-order valence-electron chi connectivity index (χ2n) is 8.14. The van der Waals surface area contributed by atoms with E-state index >= 15 is 0 Å². The Balaban J connectivity index is 1.55. The van der Waals surface area contributed by atoms with Crippen LogP contribution in [0, 0.1) is 0 Å². The molecule has 0 radical (unpaired) electrons. The summed E-state index contributed by atoms with van der Waals surface area (Å²) in [6.45, 7) is 1.60. The van der Waals surface area contributed by atoms with Gasteiger partial charge in [0.25, 0.3) is 5.91 Å². The maximum absolute atomic E-state index is 13.3. The maximum atomic E-state index is 13.3. The van der Waals surface area contributed by atoms with Gasteiger partial charge in [0.05, 0.1) is 18.5 Å². The third kappa shape index (κ3) is 3.66. The number of hydrogen-bond acceptors (Lipinski definition) is 5. The fourth-order valence-corrected chi connectivity index (χ4v) is 5.59. The van der Waals surface area contributed by atoms with Crippen LogP contribution in [0.5, 0.6) is 0 Å². The van der Waals surface area contributed by atoms with Crippen LogP contribution >= 0.6 is 0 Å². The SMILES string of the molecule is CCN(c1ccc(C(=O)CN2C(=O)NC3(CCCc4ccccc43)C2=O)cc1)S(C)(=O)=O. The van der Waals surface area contributed by atoms with Gasteiger partial charge in [-0.25, -0.2) is 13.2 Å². The van der Waals surface area contributed by atoms with Crippen molar-refractivity contribution in [3.05, 3.63) is 65.2 Å². The molecule has 1 heterocycles. The molecule has 1 unspecified atom stereocenters. The first-order valence-corrected chi connectivity index (χ1v) is 12.4. The van der Waals surface area contributed by atoms with Crippen LogP contribution in [-0.2, 0) is 26.8 Å². The van der Waals surface area contributed by atoms with Gasteiger partial charge >= 0.3 is 6.03 Å². The van der Waals surface area contributed by atoms with E-state index in [4.69, 9.17) is 0 Å². The summed E-state index contributed by atoms with van der Waals surface area (Å²) >= 11 is 0. The number of urea groups is 1. The lowest BCUT2D eigenvalue weighted by Gasteiger charge is -2.33. The minimum atomic E-state index is -3.43. The zero-order valence-corrected chi connectivity index (χ0v) is 18.8. The zero-order chi connectivity index (χ0) is 23.1. The molecular weight excluding hydrogens is 430 g/mol. The van der Waals surface area contributed by atoms with Gasteiger partial charge in [-0.15, -0.1) is 0 Å². The van der Waals surface area contributed by atoms with Crippen molar-refractivity contribution in [2.45, 2.75) is 31.7 Å². The Kier molecular flexibility index (Phi) is 5.54. The zero-order valence-electron chi connectivity index (χ0n) is 18.0. The van der Waals surface area contributed by atoms with Gasteiger partial charge in [0.1, 0.15) is 5.54 Å². The van der Waals surface area contributed by atoms with Crippen molar-refractivity contribution in [2.24, 2.45) is 0 Å². The third-order valence-electron chi connectivity index (χ3n) is 6.12. The largest absolute Gasteiger partial charge is 0.325 e. The molecule has 2 aromatic carbocycles. The molecule has 9 heteroatoms. The van der Waals surface area contributed by atoms with E-state index in [9.17, 15) is 22.8 Å². The number of carbonyl (C=O) groups is 3. The number of benzene rings is 2. The fraction of sp³-hybridized carbons (Fsp3) is 0.348. The van der Waals surface area contributed by atoms with E-state index in [1.54, 1.807) is 19.1 Å². The molecule has 0 saturated carbocycles. The minimum Gasteiger partial charge on any atom is -0.319 e. The molecule has 1 N–H and O–H groups in total. The Morgan fingerprint density at radius 2 is 1.81 bits per heavy atom. The Hall–Kier alpha value is -3.20.